The van der Waals surface area contributed by atoms with E-state index in [2.05, 4.69) is 34.6 Å². The van der Waals surface area contributed by atoms with Gasteiger partial charge >= 0.3 is 0 Å². The topological polar surface area (TPSA) is 37.3 Å². The number of carbonyl (C=O) groups excluding carboxylic acids is 1. The molecular formula is C25H40O2. The molecule has 0 saturated heterocycles. The van der Waals surface area contributed by atoms with Gasteiger partial charge in [-0.15, -0.1) is 0 Å². The summed E-state index contributed by atoms with van der Waals surface area (Å²) in [6.45, 7) is 11.3. The van der Waals surface area contributed by atoms with Crippen LogP contribution in [0.1, 0.15) is 98.8 Å². The second-order valence-corrected chi connectivity index (χ2v) is 11.4. The van der Waals surface area contributed by atoms with Crippen LogP contribution >= 0.6 is 0 Å². The summed E-state index contributed by atoms with van der Waals surface area (Å²) in [6, 6.07) is 0. The Morgan fingerprint density at radius 3 is 2.15 bits per heavy atom. The van der Waals surface area contributed by atoms with Crippen molar-refractivity contribution in [2.75, 3.05) is 0 Å². The Hall–Kier alpha value is -0.630. The first-order chi connectivity index (χ1) is 12.6. The fourth-order valence-corrected chi connectivity index (χ4v) is 7.62. The third kappa shape index (κ3) is 2.65. The molecule has 3 saturated carbocycles. The van der Waals surface area contributed by atoms with Crippen LogP contribution in [0, 0.1) is 34.5 Å². The summed E-state index contributed by atoms with van der Waals surface area (Å²) in [6.07, 6.45) is 11.4. The van der Waals surface area contributed by atoms with Crippen molar-refractivity contribution in [2.24, 2.45) is 34.5 Å². The molecule has 0 aromatic rings. The van der Waals surface area contributed by atoms with Crippen LogP contribution in [0.4, 0.5) is 0 Å². The van der Waals surface area contributed by atoms with Crippen molar-refractivity contribution in [3.05, 3.63) is 11.1 Å². The number of aliphatic hydroxyl groups is 1. The maximum atomic E-state index is 14.0. The van der Waals surface area contributed by atoms with E-state index in [1.54, 1.807) is 0 Å². The number of hydrogen-bond acceptors (Lipinski definition) is 2. The molecule has 4 rings (SSSR count). The maximum Gasteiger partial charge on any atom is 0.168 e. The van der Waals surface area contributed by atoms with Gasteiger partial charge in [-0.05, 0) is 69.1 Å². The molecule has 4 aliphatic carbocycles. The van der Waals surface area contributed by atoms with Gasteiger partial charge in [-0.3, -0.25) is 4.79 Å². The summed E-state index contributed by atoms with van der Waals surface area (Å²) in [5.74, 6) is 1.87. The number of rotatable bonds is 3. The Morgan fingerprint density at radius 2 is 1.59 bits per heavy atom. The molecular weight excluding hydrogens is 332 g/mol. The minimum atomic E-state index is -1.11. The number of carbonyl (C=O) groups is 1. The number of fused-ring (bicyclic) bond motifs is 2. The fourth-order valence-electron chi connectivity index (χ4n) is 7.62. The van der Waals surface area contributed by atoms with Gasteiger partial charge in [0.25, 0.3) is 0 Å². The zero-order valence-corrected chi connectivity index (χ0v) is 18.2. The largest absolute Gasteiger partial charge is 0.381 e. The van der Waals surface area contributed by atoms with Gasteiger partial charge < -0.3 is 5.11 Å². The van der Waals surface area contributed by atoms with E-state index in [-0.39, 0.29) is 22.5 Å². The van der Waals surface area contributed by atoms with Gasteiger partial charge in [0.05, 0.1) is 0 Å². The Labute approximate surface area is 166 Å². The Balaban J connectivity index is 1.67. The SMILES string of the molecule is CC1=C(C)C[C@H](C2CCCCC2)[C@@H](C(=O)[C@@]2(O)C[C@H]3CC[C@]2(C)C3(C)C)C1. The first kappa shape index (κ1) is 19.7. The maximum absolute atomic E-state index is 14.0. The van der Waals surface area contributed by atoms with Gasteiger partial charge in [-0.2, -0.15) is 0 Å². The van der Waals surface area contributed by atoms with Crippen molar-refractivity contribution in [3.63, 3.8) is 0 Å². The van der Waals surface area contributed by atoms with E-state index in [1.807, 2.05) is 0 Å². The molecule has 4 aliphatic rings. The summed E-state index contributed by atoms with van der Waals surface area (Å²) in [5, 5.41) is 11.9. The Kier molecular flexibility index (Phi) is 4.69. The van der Waals surface area contributed by atoms with Crippen molar-refractivity contribution in [2.45, 2.75) is 104 Å². The molecule has 0 radical (unpaired) electrons. The van der Waals surface area contributed by atoms with Crippen LogP contribution < -0.4 is 0 Å². The second kappa shape index (κ2) is 6.44. The molecule has 0 aromatic heterocycles. The molecule has 2 nitrogen and oxygen atoms in total. The predicted octanol–water partition coefficient (Wildman–Crippen LogP) is 6.08. The molecule has 2 bridgehead atoms. The molecule has 3 fully saturated rings. The van der Waals surface area contributed by atoms with Gasteiger partial charge in [0, 0.05) is 11.3 Å². The quantitative estimate of drug-likeness (QED) is 0.610. The van der Waals surface area contributed by atoms with Crippen molar-refractivity contribution in [1.29, 1.82) is 0 Å². The molecule has 0 amide bonds. The van der Waals surface area contributed by atoms with Crippen LogP contribution in [-0.4, -0.2) is 16.5 Å². The predicted molar refractivity (Wildman–Crippen MR) is 110 cm³/mol. The second-order valence-electron chi connectivity index (χ2n) is 11.4. The third-order valence-corrected chi connectivity index (χ3v) is 10.2. The summed E-state index contributed by atoms with van der Waals surface area (Å²) in [5.41, 5.74) is 1.59. The van der Waals surface area contributed by atoms with Gasteiger partial charge in [0.15, 0.2) is 5.78 Å². The monoisotopic (exact) mass is 372 g/mol. The highest BCUT2D eigenvalue weighted by Gasteiger charge is 2.71. The van der Waals surface area contributed by atoms with Crippen LogP contribution in [0.15, 0.2) is 11.1 Å². The zero-order chi connectivity index (χ0) is 19.6. The van der Waals surface area contributed by atoms with Crippen molar-refractivity contribution >= 4 is 5.78 Å². The molecule has 1 N–H and O–H groups in total. The Morgan fingerprint density at radius 1 is 0.963 bits per heavy atom. The summed E-state index contributed by atoms with van der Waals surface area (Å²) in [7, 11) is 0. The number of hydrogen-bond donors (Lipinski definition) is 1. The van der Waals surface area contributed by atoms with Crippen LogP contribution in [-0.2, 0) is 4.79 Å². The minimum Gasteiger partial charge on any atom is -0.381 e. The molecule has 27 heavy (non-hydrogen) atoms. The highest BCUT2D eigenvalue weighted by atomic mass is 16.3. The Bertz CT molecular complexity index is 653. The molecule has 5 atom stereocenters. The van der Waals surface area contributed by atoms with E-state index in [1.165, 1.54) is 49.7 Å². The van der Waals surface area contributed by atoms with Gasteiger partial charge in [0.2, 0.25) is 0 Å². The molecule has 0 aromatic carbocycles. The summed E-state index contributed by atoms with van der Waals surface area (Å²) < 4.78 is 0. The average Bonchev–Trinajstić information content (AvgIpc) is 2.96. The molecule has 0 heterocycles. The molecule has 0 aliphatic heterocycles. The van der Waals surface area contributed by atoms with Crippen LogP contribution in [0.3, 0.4) is 0 Å². The third-order valence-electron chi connectivity index (χ3n) is 10.2. The van der Waals surface area contributed by atoms with E-state index < -0.39 is 5.60 Å². The normalized spacial score (nSPS) is 44.7. The summed E-state index contributed by atoms with van der Waals surface area (Å²) >= 11 is 0. The molecule has 0 unspecified atom stereocenters. The number of allylic oxidation sites excluding steroid dienone is 2. The van der Waals surface area contributed by atoms with Gasteiger partial charge in [-0.1, -0.05) is 64.0 Å². The van der Waals surface area contributed by atoms with Crippen molar-refractivity contribution < 1.29 is 9.90 Å². The first-order valence-corrected chi connectivity index (χ1v) is 11.5. The van der Waals surface area contributed by atoms with E-state index in [4.69, 9.17) is 0 Å². The van der Waals surface area contributed by atoms with E-state index in [0.29, 0.717) is 24.2 Å². The minimum absolute atomic E-state index is 0.0359. The van der Waals surface area contributed by atoms with Crippen molar-refractivity contribution in [3.8, 4) is 0 Å². The molecule has 2 heteroatoms. The lowest BCUT2D eigenvalue weighted by Crippen LogP contribution is -2.56. The van der Waals surface area contributed by atoms with Crippen molar-refractivity contribution in [1.82, 2.24) is 0 Å². The highest BCUT2D eigenvalue weighted by molar-refractivity contribution is 5.91. The average molecular weight is 373 g/mol. The van der Waals surface area contributed by atoms with Gasteiger partial charge in [0.1, 0.15) is 5.60 Å². The lowest BCUT2D eigenvalue weighted by Gasteiger charge is -2.48. The molecule has 0 spiro atoms. The smallest absolute Gasteiger partial charge is 0.168 e. The van der Waals surface area contributed by atoms with Crippen LogP contribution in [0.25, 0.3) is 0 Å². The standard InChI is InChI=1S/C25H40O2/c1-16-13-20(18-9-7-6-8-10-18)21(14-17(16)2)22(26)25(27)15-19-11-12-24(25,5)23(19,3)4/h18-21,27H,6-15H2,1-5H3/t19-,20-,21+,24-,25+/m1/s1. The van der Waals surface area contributed by atoms with E-state index in [9.17, 15) is 9.90 Å². The lowest BCUT2D eigenvalue weighted by atomic mass is 9.57. The van der Waals surface area contributed by atoms with Crippen LogP contribution in [0.5, 0.6) is 0 Å². The van der Waals surface area contributed by atoms with E-state index in [0.717, 1.165) is 19.3 Å². The first-order valence-electron chi connectivity index (χ1n) is 11.5. The van der Waals surface area contributed by atoms with E-state index >= 15 is 0 Å². The highest BCUT2D eigenvalue weighted by Crippen LogP contribution is 2.70. The number of ketones is 1. The number of Topliss-reactive ketones (excluding diaryl/α,β-unsaturated/α-hetero) is 1. The summed E-state index contributed by atoms with van der Waals surface area (Å²) in [4.78, 5) is 14.0. The van der Waals surface area contributed by atoms with Crippen LogP contribution in [0.2, 0.25) is 0 Å². The van der Waals surface area contributed by atoms with Gasteiger partial charge in [-0.25, -0.2) is 0 Å². The fraction of sp³-hybridized carbons (Fsp3) is 0.880. The molecule has 152 valence electrons. The zero-order valence-electron chi connectivity index (χ0n) is 18.2. The lowest BCUT2D eigenvalue weighted by molar-refractivity contribution is -0.162.